The smallest absolute Gasteiger partial charge is 0.256 e. The standard InChI is InChI=1S/C16H16ClN3O2/c1-20(9-14(21)19-10-4-5-10)16(22)12-6-7-13(17)11-3-2-8-18-15(11)12/h2-3,6-8,10H,4-5,9H2,1H3,(H,19,21). The van der Waals surface area contributed by atoms with Gasteiger partial charge in [0, 0.05) is 24.7 Å². The van der Waals surface area contributed by atoms with Crippen LogP contribution >= 0.6 is 11.6 Å². The molecule has 5 nitrogen and oxygen atoms in total. The third-order valence-corrected chi connectivity index (χ3v) is 3.95. The molecule has 1 saturated carbocycles. The fourth-order valence-electron chi connectivity index (χ4n) is 2.30. The van der Waals surface area contributed by atoms with E-state index < -0.39 is 0 Å². The zero-order valence-electron chi connectivity index (χ0n) is 12.2. The van der Waals surface area contributed by atoms with Crippen molar-refractivity contribution in [3.05, 3.63) is 41.0 Å². The first-order valence-corrected chi connectivity index (χ1v) is 7.52. The Morgan fingerprint density at radius 1 is 1.36 bits per heavy atom. The van der Waals surface area contributed by atoms with E-state index in [0.29, 0.717) is 16.1 Å². The molecule has 0 aliphatic heterocycles. The van der Waals surface area contributed by atoms with Gasteiger partial charge in [-0.05, 0) is 37.1 Å². The molecule has 1 fully saturated rings. The van der Waals surface area contributed by atoms with Crippen LogP contribution in [0.4, 0.5) is 0 Å². The number of fused-ring (bicyclic) bond motifs is 1. The number of carbonyl (C=O) groups is 2. The van der Waals surface area contributed by atoms with E-state index in [1.807, 2.05) is 6.07 Å². The minimum Gasteiger partial charge on any atom is -0.352 e. The lowest BCUT2D eigenvalue weighted by atomic mass is 10.1. The summed E-state index contributed by atoms with van der Waals surface area (Å²) in [6, 6.07) is 7.21. The third-order valence-electron chi connectivity index (χ3n) is 3.62. The van der Waals surface area contributed by atoms with Gasteiger partial charge in [-0.1, -0.05) is 11.6 Å². The lowest BCUT2D eigenvalue weighted by molar-refractivity contribution is -0.121. The van der Waals surface area contributed by atoms with Gasteiger partial charge in [0.25, 0.3) is 5.91 Å². The molecular formula is C16H16ClN3O2. The highest BCUT2D eigenvalue weighted by Gasteiger charge is 2.25. The van der Waals surface area contributed by atoms with Crippen molar-refractivity contribution < 1.29 is 9.59 Å². The Morgan fingerprint density at radius 3 is 2.86 bits per heavy atom. The summed E-state index contributed by atoms with van der Waals surface area (Å²) in [6.07, 6.45) is 3.67. The molecule has 3 rings (SSSR count). The van der Waals surface area contributed by atoms with Crippen molar-refractivity contribution in [2.75, 3.05) is 13.6 Å². The van der Waals surface area contributed by atoms with Crippen LogP contribution in [0.5, 0.6) is 0 Å². The molecule has 1 heterocycles. The lowest BCUT2D eigenvalue weighted by Gasteiger charge is -2.17. The van der Waals surface area contributed by atoms with Crippen molar-refractivity contribution in [2.45, 2.75) is 18.9 Å². The highest BCUT2D eigenvalue weighted by atomic mass is 35.5. The Balaban J connectivity index is 1.82. The molecule has 0 bridgehead atoms. The van der Waals surface area contributed by atoms with E-state index in [4.69, 9.17) is 11.6 Å². The van der Waals surface area contributed by atoms with Crippen molar-refractivity contribution in [2.24, 2.45) is 0 Å². The maximum Gasteiger partial charge on any atom is 0.256 e. The quantitative estimate of drug-likeness (QED) is 0.940. The van der Waals surface area contributed by atoms with Gasteiger partial charge in [-0.15, -0.1) is 0 Å². The van der Waals surface area contributed by atoms with E-state index in [9.17, 15) is 9.59 Å². The Kier molecular flexibility index (Phi) is 3.98. The van der Waals surface area contributed by atoms with Crippen LogP contribution in [-0.2, 0) is 4.79 Å². The number of amides is 2. The Hall–Kier alpha value is -2.14. The summed E-state index contributed by atoms with van der Waals surface area (Å²) in [5, 5.41) is 4.15. The highest BCUT2D eigenvalue weighted by Crippen LogP contribution is 2.25. The zero-order valence-corrected chi connectivity index (χ0v) is 12.9. The molecule has 6 heteroatoms. The summed E-state index contributed by atoms with van der Waals surface area (Å²) < 4.78 is 0. The second kappa shape index (κ2) is 5.93. The van der Waals surface area contributed by atoms with Gasteiger partial charge in [-0.3, -0.25) is 14.6 Å². The highest BCUT2D eigenvalue weighted by molar-refractivity contribution is 6.36. The van der Waals surface area contributed by atoms with Crippen LogP contribution in [0.15, 0.2) is 30.5 Å². The third kappa shape index (κ3) is 3.04. The van der Waals surface area contributed by atoms with Crippen molar-refractivity contribution in [3.63, 3.8) is 0 Å². The number of benzene rings is 1. The molecule has 1 N–H and O–H groups in total. The number of nitrogens with zero attached hydrogens (tertiary/aromatic N) is 2. The number of rotatable bonds is 4. The molecule has 0 spiro atoms. The number of aromatic nitrogens is 1. The minimum atomic E-state index is -0.244. The second-order valence-corrected chi connectivity index (χ2v) is 5.90. The lowest BCUT2D eigenvalue weighted by Crippen LogP contribution is -2.39. The number of halogens is 1. The maximum atomic E-state index is 12.6. The van der Waals surface area contributed by atoms with Gasteiger partial charge in [0.1, 0.15) is 0 Å². The number of hydrogen-bond acceptors (Lipinski definition) is 3. The Morgan fingerprint density at radius 2 is 2.14 bits per heavy atom. The fourth-order valence-corrected chi connectivity index (χ4v) is 2.52. The Labute approximate surface area is 133 Å². The largest absolute Gasteiger partial charge is 0.352 e. The monoisotopic (exact) mass is 317 g/mol. The first kappa shape index (κ1) is 14.8. The molecule has 1 aliphatic carbocycles. The first-order chi connectivity index (χ1) is 10.6. The molecule has 22 heavy (non-hydrogen) atoms. The predicted molar refractivity (Wildman–Crippen MR) is 84.9 cm³/mol. The summed E-state index contributed by atoms with van der Waals surface area (Å²) in [6.45, 7) is 0.0340. The summed E-state index contributed by atoms with van der Waals surface area (Å²) >= 11 is 6.13. The molecule has 2 aromatic rings. The van der Waals surface area contributed by atoms with E-state index in [-0.39, 0.29) is 24.4 Å². The molecule has 1 aromatic carbocycles. The van der Waals surface area contributed by atoms with E-state index in [2.05, 4.69) is 10.3 Å². The van der Waals surface area contributed by atoms with Crippen LogP contribution in [0.3, 0.4) is 0 Å². The average Bonchev–Trinajstić information content (AvgIpc) is 3.31. The molecule has 0 radical (unpaired) electrons. The van der Waals surface area contributed by atoms with Crippen LogP contribution in [0, 0.1) is 0 Å². The van der Waals surface area contributed by atoms with E-state index in [1.165, 1.54) is 4.90 Å². The van der Waals surface area contributed by atoms with Crippen molar-refractivity contribution in [1.82, 2.24) is 15.2 Å². The summed E-state index contributed by atoms with van der Waals surface area (Å²) in [5.41, 5.74) is 0.996. The average molecular weight is 318 g/mol. The molecule has 0 unspecified atom stereocenters. The molecule has 1 aromatic heterocycles. The number of carbonyl (C=O) groups excluding carboxylic acids is 2. The predicted octanol–water partition coefficient (Wildman–Crippen LogP) is 2.24. The molecule has 0 saturated heterocycles. The minimum absolute atomic E-state index is 0.0340. The van der Waals surface area contributed by atoms with Gasteiger partial charge in [0.2, 0.25) is 5.91 Å². The van der Waals surface area contributed by atoms with Gasteiger partial charge >= 0.3 is 0 Å². The maximum absolute atomic E-state index is 12.6. The van der Waals surface area contributed by atoms with Gasteiger partial charge in [-0.2, -0.15) is 0 Å². The van der Waals surface area contributed by atoms with Crippen molar-refractivity contribution in [3.8, 4) is 0 Å². The Bertz CT molecular complexity index is 743. The molecule has 2 amide bonds. The SMILES string of the molecule is CN(CC(=O)NC1CC1)C(=O)c1ccc(Cl)c2cccnc12. The van der Waals surface area contributed by atoms with Gasteiger partial charge in [0.05, 0.1) is 22.6 Å². The number of hydrogen-bond donors (Lipinski definition) is 1. The van der Waals surface area contributed by atoms with Crippen LogP contribution in [0.25, 0.3) is 10.9 Å². The fraction of sp³-hybridized carbons (Fsp3) is 0.312. The first-order valence-electron chi connectivity index (χ1n) is 7.14. The number of likely N-dealkylation sites (N-methyl/N-ethyl adjacent to an activating group) is 1. The second-order valence-electron chi connectivity index (χ2n) is 5.50. The molecule has 0 atom stereocenters. The molecular weight excluding hydrogens is 302 g/mol. The van der Waals surface area contributed by atoms with Crippen LogP contribution < -0.4 is 5.32 Å². The van der Waals surface area contributed by atoms with Crippen molar-refractivity contribution >= 4 is 34.3 Å². The summed E-state index contributed by atoms with van der Waals surface area (Å²) in [7, 11) is 1.61. The number of nitrogens with one attached hydrogen (secondary N) is 1. The van der Waals surface area contributed by atoms with Gasteiger partial charge in [-0.25, -0.2) is 0 Å². The number of pyridine rings is 1. The van der Waals surface area contributed by atoms with Crippen LogP contribution in [0.2, 0.25) is 5.02 Å². The topological polar surface area (TPSA) is 62.3 Å². The van der Waals surface area contributed by atoms with Crippen molar-refractivity contribution in [1.29, 1.82) is 0 Å². The van der Waals surface area contributed by atoms with Gasteiger partial charge < -0.3 is 10.2 Å². The zero-order chi connectivity index (χ0) is 15.7. The van der Waals surface area contributed by atoms with Crippen LogP contribution in [-0.4, -0.2) is 41.3 Å². The molecule has 114 valence electrons. The summed E-state index contributed by atoms with van der Waals surface area (Å²) in [5.74, 6) is -0.379. The normalized spacial score (nSPS) is 13.9. The van der Waals surface area contributed by atoms with E-state index >= 15 is 0 Å². The van der Waals surface area contributed by atoms with Gasteiger partial charge in [0.15, 0.2) is 0 Å². The van der Waals surface area contributed by atoms with E-state index in [1.54, 1.807) is 31.4 Å². The van der Waals surface area contributed by atoms with Crippen LogP contribution in [0.1, 0.15) is 23.2 Å². The molecule has 1 aliphatic rings. The van der Waals surface area contributed by atoms with E-state index in [0.717, 1.165) is 18.2 Å². The summed E-state index contributed by atoms with van der Waals surface area (Å²) in [4.78, 5) is 30.0.